The molecule has 0 fully saturated rings. The van der Waals surface area contributed by atoms with Crippen molar-refractivity contribution in [1.82, 2.24) is 0 Å². The molecule has 12 heavy (non-hydrogen) atoms. The van der Waals surface area contributed by atoms with Crippen molar-refractivity contribution in [3.8, 4) is 0 Å². The van der Waals surface area contributed by atoms with Crippen LogP contribution in [0.25, 0.3) is 0 Å². The molecule has 1 aromatic rings. The molecule has 0 atom stereocenters. The van der Waals surface area contributed by atoms with Crippen LogP contribution in [0.5, 0.6) is 0 Å². The number of aromatic carboxylic acids is 1. The van der Waals surface area contributed by atoms with Crippen LogP contribution in [0.4, 0.5) is 5.69 Å². The van der Waals surface area contributed by atoms with Gasteiger partial charge in [-0.25, -0.2) is 0 Å². The van der Waals surface area contributed by atoms with Crippen molar-refractivity contribution < 1.29 is 39.5 Å². The molecule has 1 rings (SSSR count). The summed E-state index contributed by atoms with van der Waals surface area (Å²) in [6, 6.07) is 4.02. The van der Waals surface area contributed by atoms with E-state index in [1.165, 1.54) is 18.2 Å². The molecule has 0 amide bonds. The van der Waals surface area contributed by atoms with Crippen LogP contribution in [0, 0.1) is 0 Å². The van der Waals surface area contributed by atoms with Crippen LogP contribution in [0.3, 0.4) is 0 Å². The molecule has 2 N–H and O–H groups in total. The molecule has 0 saturated heterocycles. The fourth-order valence-electron chi connectivity index (χ4n) is 0.654. The van der Waals surface area contributed by atoms with Crippen LogP contribution in [-0.4, -0.2) is 5.97 Å². The van der Waals surface area contributed by atoms with E-state index in [1.54, 1.807) is 0 Å². The van der Waals surface area contributed by atoms with Gasteiger partial charge in [0.2, 0.25) is 0 Å². The minimum atomic E-state index is -1.26. The molecule has 0 heterocycles. The quantitative estimate of drug-likeness (QED) is 0.390. The molecule has 0 bridgehead atoms. The Labute approximate surface area is 96.8 Å². The number of carboxylic acid groups (broad SMARTS) is 1. The van der Waals surface area contributed by atoms with Gasteiger partial charge in [0.15, 0.2) is 0 Å². The van der Waals surface area contributed by atoms with E-state index in [-0.39, 0.29) is 40.1 Å². The molecule has 0 unspecified atom stereocenters. The maximum Gasteiger partial charge on any atom is 1.00 e. The molecule has 0 saturated carbocycles. The van der Waals surface area contributed by atoms with E-state index in [2.05, 4.69) is 0 Å². The van der Waals surface area contributed by atoms with Gasteiger partial charge in [-0.3, -0.25) is 0 Å². The standard InChI is InChI=1S/C7H6ClNO2.Na/c8-5-3-4(7(10)11)1-2-6(5)9;/h1-3H,9H2,(H,10,11);/q;+1/p-1. The van der Waals surface area contributed by atoms with Gasteiger partial charge in [0.1, 0.15) is 0 Å². The number of nitrogen functional groups attached to an aromatic ring is 1. The number of carboxylic acids is 1. The Kier molecular flexibility index (Phi) is 4.63. The fourth-order valence-corrected chi connectivity index (χ4v) is 0.835. The molecular weight excluding hydrogens is 189 g/mol. The SMILES string of the molecule is Nc1ccc(C(=O)[O-])cc1Cl.[Na+]. The summed E-state index contributed by atoms with van der Waals surface area (Å²) in [7, 11) is 0. The minimum Gasteiger partial charge on any atom is -0.545 e. The maximum atomic E-state index is 10.3. The second-order valence-electron chi connectivity index (χ2n) is 2.02. The molecule has 58 valence electrons. The first-order valence-electron chi connectivity index (χ1n) is 2.87. The Morgan fingerprint density at radius 2 is 2.08 bits per heavy atom. The first-order chi connectivity index (χ1) is 5.11. The molecule has 0 radical (unpaired) electrons. The second-order valence-corrected chi connectivity index (χ2v) is 2.43. The Morgan fingerprint density at radius 1 is 1.50 bits per heavy atom. The maximum absolute atomic E-state index is 10.3. The number of rotatable bonds is 1. The van der Waals surface area contributed by atoms with Crippen LogP contribution >= 0.6 is 11.6 Å². The van der Waals surface area contributed by atoms with Gasteiger partial charge in [-0.2, -0.15) is 0 Å². The first kappa shape index (κ1) is 11.8. The predicted octanol–water partition coefficient (Wildman–Crippen LogP) is -2.71. The molecule has 0 aliphatic carbocycles. The zero-order valence-electron chi connectivity index (χ0n) is 6.50. The van der Waals surface area contributed by atoms with Crippen LogP contribution in [0.15, 0.2) is 18.2 Å². The molecular formula is C7H5ClNNaO2. The van der Waals surface area contributed by atoms with E-state index < -0.39 is 5.97 Å². The van der Waals surface area contributed by atoms with E-state index in [9.17, 15) is 9.90 Å². The monoisotopic (exact) mass is 193 g/mol. The van der Waals surface area contributed by atoms with Crippen LogP contribution in [0.1, 0.15) is 10.4 Å². The summed E-state index contributed by atoms with van der Waals surface area (Å²) in [4.78, 5) is 10.3. The Balaban J connectivity index is 0.00000121. The topological polar surface area (TPSA) is 66.2 Å². The number of hydrogen-bond acceptors (Lipinski definition) is 3. The number of carbonyl (C=O) groups excluding carboxylic acids is 1. The summed E-state index contributed by atoms with van der Waals surface area (Å²) in [5.41, 5.74) is 5.73. The third-order valence-electron chi connectivity index (χ3n) is 1.24. The van der Waals surface area contributed by atoms with Crippen molar-refractivity contribution in [2.45, 2.75) is 0 Å². The van der Waals surface area contributed by atoms with E-state index in [1.807, 2.05) is 0 Å². The molecule has 5 heteroatoms. The number of nitrogens with two attached hydrogens (primary N) is 1. The van der Waals surface area contributed by atoms with Gasteiger partial charge in [0, 0.05) is 0 Å². The van der Waals surface area contributed by atoms with Gasteiger partial charge < -0.3 is 15.6 Å². The fraction of sp³-hybridized carbons (Fsp3) is 0. The third-order valence-corrected chi connectivity index (χ3v) is 1.56. The largest absolute Gasteiger partial charge is 1.00 e. The van der Waals surface area contributed by atoms with Gasteiger partial charge in [-0.05, 0) is 17.7 Å². The average molecular weight is 194 g/mol. The van der Waals surface area contributed by atoms with E-state index in [4.69, 9.17) is 17.3 Å². The summed E-state index contributed by atoms with van der Waals surface area (Å²) in [6.45, 7) is 0. The van der Waals surface area contributed by atoms with Crippen LogP contribution < -0.4 is 40.4 Å². The van der Waals surface area contributed by atoms with Gasteiger partial charge in [-0.15, -0.1) is 0 Å². The molecule has 0 aliphatic rings. The van der Waals surface area contributed by atoms with E-state index in [0.717, 1.165) is 0 Å². The third kappa shape index (κ3) is 2.68. The average Bonchev–Trinajstić information content (AvgIpc) is 1.94. The summed E-state index contributed by atoms with van der Waals surface area (Å²) in [6.07, 6.45) is 0. The number of carbonyl (C=O) groups is 1. The van der Waals surface area contributed by atoms with Crippen molar-refractivity contribution >= 4 is 23.3 Å². The Bertz CT molecular complexity index is 303. The molecule has 0 aromatic heterocycles. The summed E-state index contributed by atoms with van der Waals surface area (Å²) in [5.74, 6) is -1.26. The summed E-state index contributed by atoms with van der Waals surface area (Å²) in [5, 5.41) is 10.5. The predicted molar refractivity (Wildman–Crippen MR) is 40.2 cm³/mol. The van der Waals surface area contributed by atoms with Crippen molar-refractivity contribution in [1.29, 1.82) is 0 Å². The van der Waals surface area contributed by atoms with E-state index >= 15 is 0 Å². The van der Waals surface area contributed by atoms with Crippen molar-refractivity contribution in [3.05, 3.63) is 28.8 Å². The van der Waals surface area contributed by atoms with Crippen LogP contribution in [-0.2, 0) is 0 Å². The molecule has 1 aromatic carbocycles. The second kappa shape index (κ2) is 4.72. The van der Waals surface area contributed by atoms with Crippen molar-refractivity contribution in [2.24, 2.45) is 0 Å². The van der Waals surface area contributed by atoms with Gasteiger partial charge >= 0.3 is 29.6 Å². The molecule has 0 spiro atoms. The Morgan fingerprint density at radius 3 is 2.50 bits per heavy atom. The van der Waals surface area contributed by atoms with Crippen molar-refractivity contribution in [2.75, 3.05) is 5.73 Å². The smallest absolute Gasteiger partial charge is 0.545 e. The number of hydrogen-bond donors (Lipinski definition) is 1. The summed E-state index contributed by atoms with van der Waals surface area (Å²) >= 11 is 5.54. The minimum absolute atomic E-state index is 0. The molecule has 0 aliphatic heterocycles. The number of anilines is 1. The molecule has 3 nitrogen and oxygen atoms in total. The first-order valence-corrected chi connectivity index (χ1v) is 3.25. The van der Waals surface area contributed by atoms with Gasteiger partial charge in [-0.1, -0.05) is 17.7 Å². The number of halogens is 1. The van der Waals surface area contributed by atoms with Gasteiger partial charge in [0.25, 0.3) is 0 Å². The normalized spacial score (nSPS) is 8.75. The van der Waals surface area contributed by atoms with E-state index in [0.29, 0.717) is 5.69 Å². The zero-order valence-corrected chi connectivity index (χ0v) is 9.26. The van der Waals surface area contributed by atoms with Gasteiger partial charge in [0.05, 0.1) is 16.7 Å². The zero-order chi connectivity index (χ0) is 8.43. The van der Waals surface area contributed by atoms with Crippen molar-refractivity contribution in [3.63, 3.8) is 0 Å². The van der Waals surface area contributed by atoms with Crippen LogP contribution in [0.2, 0.25) is 5.02 Å². The summed E-state index contributed by atoms with van der Waals surface area (Å²) < 4.78 is 0. The number of benzene rings is 1. The Hall–Kier alpha value is -0.220.